The van der Waals surface area contributed by atoms with Crippen molar-refractivity contribution >= 4 is 15.9 Å². The molecule has 0 aliphatic heterocycles. The molecule has 2 aromatic rings. The van der Waals surface area contributed by atoms with Crippen LogP contribution in [0.2, 0.25) is 0 Å². The molecule has 1 N–H and O–H groups in total. The zero-order chi connectivity index (χ0) is 14.5. The average Bonchev–Trinajstić information content (AvgIpc) is 2.44. The highest BCUT2D eigenvalue weighted by molar-refractivity contribution is 9.10. The first-order valence-corrected chi connectivity index (χ1v) is 7.66. The zero-order valence-corrected chi connectivity index (χ0v) is 13.4. The van der Waals surface area contributed by atoms with Crippen LogP contribution in [-0.2, 0) is 6.42 Å². The number of benzene rings is 2. The second-order valence-corrected chi connectivity index (χ2v) is 5.74. The maximum absolute atomic E-state index is 13.7. The van der Waals surface area contributed by atoms with Gasteiger partial charge in [0.25, 0.3) is 0 Å². The van der Waals surface area contributed by atoms with E-state index in [9.17, 15) is 4.39 Å². The Bertz CT molecular complexity index is 583. The van der Waals surface area contributed by atoms with Crippen LogP contribution in [0.15, 0.2) is 46.9 Å². The standard InChI is InChI=1S/C17H19BrFN/c1-3-5-12-6-4-7-13(10-12)17(20-2)14-8-9-15(18)16(19)11-14/h4,6-11,17,20H,3,5H2,1-2H3. The molecule has 1 atom stereocenters. The molecule has 0 bridgehead atoms. The molecule has 0 aliphatic rings. The summed E-state index contributed by atoms with van der Waals surface area (Å²) in [6.07, 6.45) is 2.19. The highest BCUT2D eigenvalue weighted by Crippen LogP contribution is 2.26. The van der Waals surface area contributed by atoms with E-state index in [1.807, 2.05) is 13.1 Å². The Morgan fingerprint density at radius 2 is 1.90 bits per heavy atom. The molecule has 0 heterocycles. The molecule has 1 nitrogen and oxygen atoms in total. The van der Waals surface area contributed by atoms with Crippen LogP contribution in [0.3, 0.4) is 0 Å². The van der Waals surface area contributed by atoms with Gasteiger partial charge in [-0.05, 0) is 58.2 Å². The summed E-state index contributed by atoms with van der Waals surface area (Å²) in [5.74, 6) is -0.229. The minimum atomic E-state index is -0.229. The number of hydrogen-bond donors (Lipinski definition) is 1. The second-order valence-electron chi connectivity index (χ2n) is 4.89. The van der Waals surface area contributed by atoms with Gasteiger partial charge in [-0.3, -0.25) is 0 Å². The van der Waals surface area contributed by atoms with Crippen LogP contribution in [-0.4, -0.2) is 7.05 Å². The molecule has 20 heavy (non-hydrogen) atoms. The van der Waals surface area contributed by atoms with Gasteiger partial charge in [-0.15, -0.1) is 0 Å². The van der Waals surface area contributed by atoms with Gasteiger partial charge in [0.1, 0.15) is 5.82 Å². The molecule has 0 aliphatic carbocycles. The van der Waals surface area contributed by atoms with Crippen LogP contribution in [0.4, 0.5) is 4.39 Å². The van der Waals surface area contributed by atoms with Crippen LogP contribution in [0.1, 0.15) is 36.1 Å². The fourth-order valence-corrected chi connectivity index (χ4v) is 2.68. The fourth-order valence-electron chi connectivity index (χ4n) is 2.43. The van der Waals surface area contributed by atoms with E-state index in [2.05, 4.69) is 52.4 Å². The largest absolute Gasteiger partial charge is 0.309 e. The van der Waals surface area contributed by atoms with E-state index in [-0.39, 0.29) is 11.9 Å². The van der Waals surface area contributed by atoms with E-state index in [0.717, 1.165) is 18.4 Å². The number of aryl methyl sites for hydroxylation is 1. The van der Waals surface area contributed by atoms with Gasteiger partial charge in [0, 0.05) is 0 Å². The van der Waals surface area contributed by atoms with Crippen LogP contribution in [0.25, 0.3) is 0 Å². The third-order valence-corrected chi connectivity index (χ3v) is 4.03. The molecule has 1 unspecified atom stereocenters. The second kappa shape index (κ2) is 7.00. The first-order valence-electron chi connectivity index (χ1n) is 6.86. The van der Waals surface area contributed by atoms with Crippen molar-refractivity contribution in [3.8, 4) is 0 Å². The molecule has 0 saturated heterocycles. The van der Waals surface area contributed by atoms with Crippen molar-refractivity contribution in [2.45, 2.75) is 25.8 Å². The summed E-state index contributed by atoms with van der Waals surface area (Å²) >= 11 is 3.19. The molecular formula is C17H19BrFN. The van der Waals surface area contributed by atoms with E-state index >= 15 is 0 Å². The summed E-state index contributed by atoms with van der Waals surface area (Å²) < 4.78 is 14.2. The third-order valence-electron chi connectivity index (χ3n) is 3.39. The van der Waals surface area contributed by atoms with Crippen molar-refractivity contribution < 1.29 is 4.39 Å². The Kier molecular flexibility index (Phi) is 5.32. The van der Waals surface area contributed by atoms with Gasteiger partial charge < -0.3 is 5.32 Å². The Labute approximate surface area is 128 Å². The van der Waals surface area contributed by atoms with E-state index in [0.29, 0.717) is 4.47 Å². The summed E-state index contributed by atoms with van der Waals surface area (Å²) in [6, 6.07) is 13.8. The lowest BCUT2D eigenvalue weighted by molar-refractivity contribution is 0.610. The van der Waals surface area contributed by atoms with E-state index in [1.165, 1.54) is 11.1 Å². The molecular weight excluding hydrogens is 317 g/mol. The highest BCUT2D eigenvalue weighted by atomic mass is 79.9. The van der Waals surface area contributed by atoms with E-state index in [4.69, 9.17) is 0 Å². The monoisotopic (exact) mass is 335 g/mol. The number of nitrogens with one attached hydrogen (secondary N) is 1. The molecule has 3 heteroatoms. The molecule has 0 amide bonds. The highest BCUT2D eigenvalue weighted by Gasteiger charge is 2.14. The van der Waals surface area contributed by atoms with Crippen LogP contribution < -0.4 is 5.32 Å². The van der Waals surface area contributed by atoms with Gasteiger partial charge in [0.15, 0.2) is 0 Å². The van der Waals surface area contributed by atoms with Crippen molar-refractivity contribution in [1.82, 2.24) is 5.32 Å². The first kappa shape index (κ1) is 15.2. The summed E-state index contributed by atoms with van der Waals surface area (Å²) in [5, 5.41) is 3.27. The minimum absolute atomic E-state index is 0.00871. The van der Waals surface area contributed by atoms with Crippen LogP contribution in [0, 0.1) is 5.82 Å². The Balaban J connectivity index is 2.36. The smallest absolute Gasteiger partial charge is 0.137 e. The van der Waals surface area contributed by atoms with Crippen molar-refractivity contribution in [3.63, 3.8) is 0 Å². The molecule has 0 aromatic heterocycles. The number of halogens is 2. The van der Waals surface area contributed by atoms with Crippen molar-refractivity contribution in [2.75, 3.05) is 7.05 Å². The number of rotatable bonds is 5. The first-order chi connectivity index (χ1) is 9.65. The predicted octanol–water partition coefficient (Wildman–Crippen LogP) is 4.85. The fraction of sp³-hybridized carbons (Fsp3) is 0.294. The number of hydrogen-bond acceptors (Lipinski definition) is 1. The van der Waals surface area contributed by atoms with Crippen molar-refractivity contribution in [2.24, 2.45) is 0 Å². The van der Waals surface area contributed by atoms with Gasteiger partial charge in [0.05, 0.1) is 10.5 Å². The maximum Gasteiger partial charge on any atom is 0.137 e. The van der Waals surface area contributed by atoms with E-state index < -0.39 is 0 Å². The molecule has 0 radical (unpaired) electrons. The van der Waals surface area contributed by atoms with E-state index in [1.54, 1.807) is 12.1 Å². The minimum Gasteiger partial charge on any atom is -0.309 e. The lowest BCUT2D eigenvalue weighted by Gasteiger charge is -2.18. The van der Waals surface area contributed by atoms with Gasteiger partial charge >= 0.3 is 0 Å². The summed E-state index contributed by atoms with van der Waals surface area (Å²) in [6.45, 7) is 2.17. The molecule has 0 saturated carbocycles. The van der Waals surface area contributed by atoms with Crippen LogP contribution >= 0.6 is 15.9 Å². The maximum atomic E-state index is 13.7. The SMILES string of the molecule is CCCc1cccc(C(NC)c2ccc(Br)c(F)c2)c1. The van der Waals surface area contributed by atoms with Gasteiger partial charge in [0.2, 0.25) is 0 Å². The zero-order valence-electron chi connectivity index (χ0n) is 11.8. The quantitative estimate of drug-likeness (QED) is 0.823. The summed E-state index contributed by atoms with van der Waals surface area (Å²) in [5.41, 5.74) is 3.42. The third kappa shape index (κ3) is 3.47. The Hall–Kier alpha value is -1.19. The molecule has 0 spiro atoms. The predicted molar refractivity (Wildman–Crippen MR) is 85.4 cm³/mol. The Morgan fingerprint density at radius 1 is 1.15 bits per heavy atom. The normalized spacial score (nSPS) is 12.4. The molecule has 2 aromatic carbocycles. The molecule has 2 rings (SSSR count). The van der Waals surface area contributed by atoms with Gasteiger partial charge in [-0.2, -0.15) is 0 Å². The molecule has 0 fully saturated rings. The summed E-state index contributed by atoms with van der Waals surface area (Å²) in [7, 11) is 1.90. The molecule has 106 valence electrons. The van der Waals surface area contributed by atoms with Crippen molar-refractivity contribution in [3.05, 3.63) is 69.4 Å². The van der Waals surface area contributed by atoms with Crippen molar-refractivity contribution in [1.29, 1.82) is 0 Å². The Morgan fingerprint density at radius 3 is 2.55 bits per heavy atom. The lowest BCUT2D eigenvalue weighted by atomic mass is 9.96. The van der Waals surface area contributed by atoms with Crippen LogP contribution in [0.5, 0.6) is 0 Å². The lowest BCUT2D eigenvalue weighted by Crippen LogP contribution is -2.18. The summed E-state index contributed by atoms with van der Waals surface area (Å²) in [4.78, 5) is 0. The van der Waals surface area contributed by atoms with Gasteiger partial charge in [-0.1, -0.05) is 43.7 Å². The van der Waals surface area contributed by atoms with Gasteiger partial charge in [-0.25, -0.2) is 4.39 Å². The average molecular weight is 336 g/mol. The topological polar surface area (TPSA) is 12.0 Å².